The van der Waals surface area contributed by atoms with Crippen molar-refractivity contribution in [1.82, 2.24) is 13.9 Å². The summed E-state index contributed by atoms with van der Waals surface area (Å²) in [7, 11) is -0.218. The van der Waals surface area contributed by atoms with Gasteiger partial charge in [0.05, 0.1) is 6.33 Å². The fourth-order valence-corrected chi connectivity index (χ4v) is 3.09. The summed E-state index contributed by atoms with van der Waals surface area (Å²) in [6.07, 6.45) is 2.97. The van der Waals surface area contributed by atoms with Crippen LogP contribution in [0.2, 0.25) is 0 Å². The molecular formula is C9H16BrN3O2S. The van der Waals surface area contributed by atoms with Crippen molar-refractivity contribution < 1.29 is 8.42 Å². The van der Waals surface area contributed by atoms with Crippen LogP contribution in [0.5, 0.6) is 0 Å². The smallest absolute Gasteiger partial charge is 0.262 e. The maximum absolute atomic E-state index is 12.2. The second kappa shape index (κ2) is 4.46. The molecule has 1 aromatic heterocycles. The molecule has 0 bridgehead atoms. The van der Waals surface area contributed by atoms with Crippen molar-refractivity contribution in [3.8, 4) is 0 Å². The third-order valence-electron chi connectivity index (χ3n) is 2.49. The predicted molar refractivity (Wildman–Crippen MR) is 66.0 cm³/mol. The number of aromatic nitrogens is 2. The van der Waals surface area contributed by atoms with Gasteiger partial charge in [0.2, 0.25) is 0 Å². The zero-order valence-corrected chi connectivity index (χ0v) is 12.2. The van der Waals surface area contributed by atoms with Crippen molar-refractivity contribution in [3.05, 3.63) is 12.5 Å². The molecule has 0 unspecified atom stereocenters. The molecule has 0 aliphatic heterocycles. The predicted octanol–water partition coefficient (Wildman–Crippen LogP) is 1.21. The topological polar surface area (TPSA) is 55.2 Å². The Morgan fingerprint density at radius 2 is 2.12 bits per heavy atom. The number of imidazole rings is 1. The van der Waals surface area contributed by atoms with Gasteiger partial charge in [0.25, 0.3) is 10.0 Å². The third kappa shape index (κ3) is 2.46. The molecule has 5 nitrogen and oxygen atoms in total. The Kier molecular flexibility index (Phi) is 3.81. The number of sulfonamides is 1. The van der Waals surface area contributed by atoms with E-state index >= 15 is 0 Å². The van der Waals surface area contributed by atoms with Gasteiger partial charge in [-0.3, -0.25) is 0 Å². The Labute approximate surface area is 105 Å². The van der Waals surface area contributed by atoms with Crippen LogP contribution in [0.25, 0.3) is 0 Å². The van der Waals surface area contributed by atoms with E-state index in [1.807, 2.05) is 13.8 Å². The Morgan fingerprint density at radius 3 is 2.50 bits per heavy atom. The third-order valence-corrected chi connectivity index (χ3v) is 5.81. The molecule has 0 saturated heterocycles. The average Bonchev–Trinajstić information content (AvgIpc) is 2.64. The monoisotopic (exact) mass is 309 g/mol. The van der Waals surface area contributed by atoms with Crippen LogP contribution in [0, 0.1) is 0 Å². The van der Waals surface area contributed by atoms with Crippen LogP contribution in [0.3, 0.4) is 0 Å². The summed E-state index contributed by atoms with van der Waals surface area (Å²) in [5.74, 6) is 0. The summed E-state index contributed by atoms with van der Waals surface area (Å²) in [4.78, 5) is 3.87. The number of alkyl halides is 1. The first-order chi connectivity index (χ1) is 7.21. The van der Waals surface area contributed by atoms with Gasteiger partial charge in [0.15, 0.2) is 5.03 Å². The maximum atomic E-state index is 12.2. The van der Waals surface area contributed by atoms with Gasteiger partial charge >= 0.3 is 0 Å². The van der Waals surface area contributed by atoms with Gasteiger partial charge in [-0.1, -0.05) is 15.9 Å². The van der Waals surface area contributed by atoms with Crippen molar-refractivity contribution in [3.63, 3.8) is 0 Å². The van der Waals surface area contributed by atoms with Crippen molar-refractivity contribution in [2.45, 2.75) is 24.4 Å². The van der Waals surface area contributed by atoms with Crippen LogP contribution in [0.1, 0.15) is 13.8 Å². The van der Waals surface area contributed by atoms with Gasteiger partial charge in [-0.2, -0.15) is 4.31 Å². The molecule has 0 fully saturated rings. The molecule has 0 aromatic carbocycles. The lowest BCUT2D eigenvalue weighted by molar-refractivity contribution is 0.298. The number of nitrogens with zero attached hydrogens (tertiary/aromatic N) is 3. The molecule has 1 rings (SSSR count). The Bertz CT molecular complexity index is 467. The van der Waals surface area contributed by atoms with E-state index in [4.69, 9.17) is 0 Å². The summed E-state index contributed by atoms with van der Waals surface area (Å²) in [5.41, 5.74) is -0.490. The van der Waals surface area contributed by atoms with Gasteiger partial charge in [-0.25, -0.2) is 13.4 Å². The van der Waals surface area contributed by atoms with Crippen molar-refractivity contribution >= 4 is 26.0 Å². The van der Waals surface area contributed by atoms with Crippen LogP contribution in [0.4, 0.5) is 0 Å². The largest absolute Gasteiger partial charge is 0.339 e. The molecular weight excluding hydrogens is 294 g/mol. The van der Waals surface area contributed by atoms with Crippen molar-refractivity contribution in [1.29, 1.82) is 0 Å². The van der Waals surface area contributed by atoms with Crippen LogP contribution in [0.15, 0.2) is 17.6 Å². The van der Waals surface area contributed by atoms with Gasteiger partial charge in [-0.05, 0) is 13.8 Å². The lowest BCUT2D eigenvalue weighted by Gasteiger charge is -2.32. The molecule has 1 heterocycles. The zero-order valence-electron chi connectivity index (χ0n) is 9.81. The van der Waals surface area contributed by atoms with Crippen LogP contribution < -0.4 is 0 Å². The first-order valence-corrected chi connectivity index (χ1v) is 7.31. The normalized spacial score (nSPS) is 13.4. The lowest BCUT2D eigenvalue weighted by Crippen LogP contribution is -2.46. The highest BCUT2D eigenvalue weighted by atomic mass is 79.9. The van der Waals surface area contributed by atoms with Crippen molar-refractivity contribution in [2.75, 3.05) is 12.4 Å². The molecule has 0 N–H and O–H groups in total. The molecule has 0 atom stereocenters. The molecule has 92 valence electrons. The number of hydrogen-bond acceptors (Lipinski definition) is 3. The molecule has 0 aliphatic carbocycles. The number of rotatable bonds is 4. The minimum absolute atomic E-state index is 0.0755. The summed E-state index contributed by atoms with van der Waals surface area (Å²) < 4.78 is 27.3. The van der Waals surface area contributed by atoms with Crippen LogP contribution in [-0.4, -0.2) is 40.2 Å². The molecule has 0 radical (unpaired) electrons. The summed E-state index contributed by atoms with van der Waals surface area (Å²) >= 11 is 3.31. The molecule has 7 heteroatoms. The van der Waals surface area contributed by atoms with E-state index < -0.39 is 15.6 Å². The standard InChI is InChI=1S/C9H16BrN3O2S/c1-9(2,6-10)13(4)16(14,15)8-5-12(3)7-11-8/h5,7H,6H2,1-4H3. The number of aryl methyl sites for hydroxylation is 1. The molecule has 0 spiro atoms. The maximum Gasteiger partial charge on any atom is 0.262 e. The second-order valence-electron chi connectivity index (χ2n) is 4.30. The first-order valence-electron chi connectivity index (χ1n) is 4.75. The van der Waals surface area contributed by atoms with Gasteiger partial charge in [0, 0.05) is 31.2 Å². The Morgan fingerprint density at radius 1 is 1.56 bits per heavy atom. The minimum atomic E-state index is -3.52. The van der Waals surface area contributed by atoms with Gasteiger partial charge < -0.3 is 4.57 Å². The summed E-state index contributed by atoms with van der Waals surface area (Å²) in [6, 6.07) is 0. The summed E-state index contributed by atoms with van der Waals surface area (Å²) in [6.45, 7) is 3.70. The van der Waals surface area contributed by atoms with Crippen LogP contribution >= 0.6 is 15.9 Å². The SMILES string of the molecule is CN(C(C)(C)CBr)S(=O)(=O)c1cn(C)cn1. The highest BCUT2D eigenvalue weighted by Gasteiger charge is 2.34. The van der Waals surface area contributed by atoms with E-state index in [2.05, 4.69) is 20.9 Å². The average molecular weight is 310 g/mol. The van der Waals surface area contributed by atoms with E-state index in [0.717, 1.165) is 0 Å². The van der Waals surface area contributed by atoms with E-state index in [1.165, 1.54) is 16.8 Å². The van der Waals surface area contributed by atoms with Gasteiger partial charge in [-0.15, -0.1) is 0 Å². The van der Waals surface area contributed by atoms with E-state index in [-0.39, 0.29) is 5.03 Å². The van der Waals surface area contributed by atoms with Gasteiger partial charge in [0.1, 0.15) is 0 Å². The highest BCUT2D eigenvalue weighted by Crippen LogP contribution is 2.23. The molecule has 1 aromatic rings. The Hall–Kier alpha value is -0.400. The van der Waals surface area contributed by atoms with Crippen molar-refractivity contribution in [2.24, 2.45) is 7.05 Å². The first kappa shape index (κ1) is 13.7. The molecule has 0 aliphatic rings. The Balaban J connectivity index is 3.13. The molecule has 0 amide bonds. The quantitative estimate of drug-likeness (QED) is 0.786. The fourth-order valence-electron chi connectivity index (χ4n) is 1.07. The fraction of sp³-hybridized carbons (Fsp3) is 0.667. The highest BCUT2D eigenvalue weighted by molar-refractivity contribution is 9.09. The van der Waals surface area contributed by atoms with E-state index in [9.17, 15) is 8.42 Å². The number of hydrogen-bond donors (Lipinski definition) is 0. The minimum Gasteiger partial charge on any atom is -0.339 e. The second-order valence-corrected chi connectivity index (χ2v) is 6.77. The number of halogens is 1. The zero-order chi connectivity index (χ0) is 12.6. The molecule has 16 heavy (non-hydrogen) atoms. The van der Waals surface area contributed by atoms with E-state index in [1.54, 1.807) is 18.7 Å². The van der Waals surface area contributed by atoms with Crippen LogP contribution in [-0.2, 0) is 17.1 Å². The lowest BCUT2D eigenvalue weighted by atomic mass is 10.1. The summed E-state index contributed by atoms with van der Waals surface area (Å²) in [5, 5.41) is 0.634. The molecule has 0 saturated carbocycles. The van der Waals surface area contributed by atoms with E-state index in [0.29, 0.717) is 5.33 Å².